The van der Waals surface area contributed by atoms with Crippen LogP contribution in [0, 0.1) is 0 Å². The van der Waals surface area contributed by atoms with E-state index in [1.807, 2.05) is 36.4 Å². The second kappa shape index (κ2) is 11.9. The van der Waals surface area contributed by atoms with E-state index in [9.17, 15) is 0 Å². The fourth-order valence-electron chi connectivity index (χ4n) is 9.00. The predicted octanol–water partition coefficient (Wildman–Crippen LogP) is 12.8. The maximum absolute atomic E-state index is 5.19. The van der Waals surface area contributed by atoms with Crippen LogP contribution in [0.15, 0.2) is 188 Å². The van der Waals surface area contributed by atoms with E-state index in [0.717, 1.165) is 39.1 Å². The van der Waals surface area contributed by atoms with Crippen LogP contribution in [-0.4, -0.2) is 24.1 Å². The molecule has 0 aliphatic rings. The first-order chi connectivity index (χ1) is 27.8. The first-order valence-corrected chi connectivity index (χ1v) is 19.0. The van der Waals surface area contributed by atoms with Gasteiger partial charge in [0.05, 0.1) is 27.8 Å². The number of para-hydroxylation sites is 2. The highest BCUT2D eigenvalue weighted by Crippen LogP contribution is 2.48. The Hall–Kier alpha value is -7.63. The smallest absolute Gasteiger partial charge is 0.166 e. The normalized spacial score (nSPS) is 11.9. The van der Waals surface area contributed by atoms with Crippen LogP contribution >= 0.6 is 0 Å². The number of fused-ring (bicyclic) bond motifs is 3. The fourth-order valence-corrected chi connectivity index (χ4v) is 9.00. The molecule has 260 valence electrons. The molecule has 0 saturated heterocycles. The monoisotopic (exact) mass is 713 g/mol. The molecule has 0 N–H and O–H groups in total. The third-order valence-electron chi connectivity index (χ3n) is 11.3. The van der Waals surface area contributed by atoms with Crippen molar-refractivity contribution in [2.45, 2.75) is 0 Å². The van der Waals surface area contributed by atoms with Gasteiger partial charge in [-0.05, 0) is 70.1 Å². The Balaban J connectivity index is 1.24. The Morgan fingerprint density at radius 1 is 0.286 bits per heavy atom. The number of benzene rings is 8. The molecular formula is C51H31N5. The Bertz CT molecular complexity index is 3400. The van der Waals surface area contributed by atoms with Crippen molar-refractivity contribution < 1.29 is 0 Å². The largest absolute Gasteiger partial charge is 0.309 e. The van der Waals surface area contributed by atoms with Crippen molar-refractivity contribution in [2.75, 3.05) is 0 Å². The number of aromatic nitrogens is 5. The maximum atomic E-state index is 5.19. The summed E-state index contributed by atoms with van der Waals surface area (Å²) in [7, 11) is 0. The van der Waals surface area contributed by atoms with Gasteiger partial charge < -0.3 is 9.13 Å². The Morgan fingerprint density at radius 2 is 0.714 bits per heavy atom. The molecule has 0 aliphatic carbocycles. The van der Waals surface area contributed by atoms with Crippen molar-refractivity contribution in [3.05, 3.63) is 188 Å². The molecule has 3 heterocycles. The molecule has 0 aliphatic heterocycles. The molecule has 0 spiro atoms. The minimum Gasteiger partial charge on any atom is -0.309 e. The lowest BCUT2D eigenvalue weighted by Crippen LogP contribution is -2.03. The van der Waals surface area contributed by atoms with Crippen LogP contribution in [0.2, 0.25) is 0 Å². The molecule has 9 aromatic carbocycles. The summed E-state index contributed by atoms with van der Waals surface area (Å²) < 4.78 is 4.86. The van der Waals surface area contributed by atoms with E-state index in [-0.39, 0.29) is 0 Å². The zero-order chi connectivity index (χ0) is 36.7. The molecule has 0 saturated carbocycles. The van der Waals surface area contributed by atoms with E-state index < -0.39 is 0 Å². The fraction of sp³-hybridized carbons (Fsp3) is 0. The summed E-state index contributed by atoms with van der Waals surface area (Å²) in [5.74, 6) is 1.90. The highest BCUT2D eigenvalue weighted by atomic mass is 15.1. The third-order valence-corrected chi connectivity index (χ3v) is 11.3. The molecule has 0 atom stereocenters. The number of hydrogen-bond acceptors (Lipinski definition) is 3. The van der Waals surface area contributed by atoms with Gasteiger partial charge in [0.25, 0.3) is 0 Å². The van der Waals surface area contributed by atoms with Crippen molar-refractivity contribution in [2.24, 2.45) is 0 Å². The summed E-state index contributed by atoms with van der Waals surface area (Å²) in [5.41, 5.74) is 9.61. The van der Waals surface area contributed by atoms with Gasteiger partial charge in [0, 0.05) is 43.9 Å². The molecule has 0 unspecified atom stereocenters. The minimum absolute atomic E-state index is 0.623. The van der Waals surface area contributed by atoms with E-state index >= 15 is 0 Å². The quantitative estimate of drug-likeness (QED) is 0.178. The molecule has 12 rings (SSSR count). The molecule has 0 fully saturated rings. The topological polar surface area (TPSA) is 48.5 Å². The van der Waals surface area contributed by atoms with E-state index in [0.29, 0.717) is 17.5 Å². The van der Waals surface area contributed by atoms with Gasteiger partial charge in [-0.15, -0.1) is 0 Å². The molecule has 12 aromatic rings. The summed E-state index contributed by atoms with van der Waals surface area (Å²) >= 11 is 0. The van der Waals surface area contributed by atoms with Crippen molar-refractivity contribution in [1.29, 1.82) is 0 Å². The molecule has 0 radical (unpaired) electrons. The maximum Gasteiger partial charge on any atom is 0.166 e. The molecule has 5 heteroatoms. The predicted molar refractivity (Wildman–Crippen MR) is 231 cm³/mol. The summed E-state index contributed by atoms with van der Waals surface area (Å²) in [5, 5.41) is 9.94. The van der Waals surface area contributed by atoms with E-state index in [1.54, 1.807) is 0 Å². The molecular weight excluding hydrogens is 683 g/mol. The van der Waals surface area contributed by atoms with Gasteiger partial charge in [-0.3, -0.25) is 0 Å². The minimum atomic E-state index is 0.623. The van der Waals surface area contributed by atoms with Crippen molar-refractivity contribution in [3.63, 3.8) is 0 Å². The number of rotatable bonds is 5. The first kappa shape index (κ1) is 30.8. The molecule has 0 amide bonds. The summed E-state index contributed by atoms with van der Waals surface area (Å²) in [6, 6.07) is 66.6. The van der Waals surface area contributed by atoms with E-state index in [1.165, 1.54) is 54.1 Å². The highest BCUT2D eigenvalue weighted by molar-refractivity contribution is 6.39. The Morgan fingerprint density at radius 3 is 1.30 bits per heavy atom. The van der Waals surface area contributed by atoms with Gasteiger partial charge in [0.15, 0.2) is 17.5 Å². The van der Waals surface area contributed by atoms with Crippen LogP contribution in [0.5, 0.6) is 0 Å². The second-order valence-electron chi connectivity index (χ2n) is 14.4. The summed E-state index contributed by atoms with van der Waals surface area (Å²) in [4.78, 5) is 15.4. The molecule has 0 bridgehead atoms. The van der Waals surface area contributed by atoms with Gasteiger partial charge in [0.2, 0.25) is 0 Å². The van der Waals surface area contributed by atoms with Crippen LogP contribution in [0.4, 0.5) is 0 Å². The van der Waals surface area contributed by atoms with Gasteiger partial charge >= 0.3 is 0 Å². The zero-order valence-corrected chi connectivity index (χ0v) is 30.1. The van der Waals surface area contributed by atoms with Gasteiger partial charge in [-0.2, -0.15) is 0 Å². The zero-order valence-electron chi connectivity index (χ0n) is 30.1. The average Bonchev–Trinajstić information content (AvgIpc) is 3.80. The standard InChI is InChI=1S/C51H31N5/c1-4-16-32(17-5-1)49-52-50(33-18-6-2-7-19-33)54-51(53-49)39-24-12-13-27-40(39)56-42-29-15-26-38-36-23-11-10-22-35(36)37-25-14-28-41-45(37)47-43(30-31-44(56)48(47)46(38)42)55(41)34-20-8-3-9-21-34/h1-31H. The number of hydrogen-bond donors (Lipinski definition) is 0. The Labute approximate surface area is 321 Å². The van der Waals surface area contributed by atoms with Crippen LogP contribution in [0.3, 0.4) is 0 Å². The van der Waals surface area contributed by atoms with Crippen LogP contribution in [-0.2, 0) is 0 Å². The summed E-state index contributed by atoms with van der Waals surface area (Å²) in [6.07, 6.45) is 0. The van der Waals surface area contributed by atoms with Crippen molar-refractivity contribution >= 4 is 65.2 Å². The number of nitrogens with zero attached hydrogens (tertiary/aromatic N) is 5. The van der Waals surface area contributed by atoms with Gasteiger partial charge in [0.1, 0.15) is 0 Å². The third kappa shape index (κ3) is 4.39. The SMILES string of the molecule is c1ccc(-c2nc(-c3ccccc3)nc(-c3ccccc3-n3c4cccc5c6ccccc6c6cccc7c6c6c(c54)c3ccc6n7-c3ccccc3)n2)cc1. The first-order valence-electron chi connectivity index (χ1n) is 19.0. The lowest BCUT2D eigenvalue weighted by atomic mass is 9.95. The Kier molecular flexibility index (Phi) is 6.56. The van der Waals surface area contributed by atoms with Crippen LogP contribution in [0.25, 0.3) is 111 Å². The van der Waals surface area contributed by atoms with E-state index in [2.05, 4.69) is 161 Å². The van der Waals surface area contributed by atoms with Crippen molar-refractivity contribution in [1.82, 2.24) is 24.1 Å². The summed E-state index contributed by atoms with van der Waals surface area (Å²) in [6.45, 7) is 0. The van der Waals surface area contributed by atoms with Crippen LogP contribution < -0.4 is 0 Å². The lowest BCUT2D eigenvalue weighted by Gasteiger charge is -2.14. The van der Waals surface area contributed by atoms with Crippen molar-refractivity contribution in [3.8, 4) is 45.5 Å². The van der Waals surface area contributed by atoms with E-state index in [4.69, 9.17) is 15.0 Å². The van der Waals surface area contributed by atoms with Gasteiger partial charge in [-0.1, -0.05) is 140 Å². The molecule has 5 nitrogen and oxygen atoms in total. The molecule has 56 heavy (non-hydrogen) atoms. The highest BCUT2D eigenvalue weighted by Gasteiger charge is 2.25. The average molecular weight is 714 g/mol. The van der Waals surface area contributed by atoms with Gasteiger partial charge in [-0.25, -0.2) is 15.0 Å². The second-order valence-corrected chi connectivity index (χ2v) is 14.4. The molecule has 3 aromatic heterocycles. The van der Waals surface area contributed by atoms with Crippen LogP contribution in [0.1, 0.15) is 0 Å². The lowest BCUT2D eigenvalue weighted by molar-refractivity contribution is 1.06.